The summed E-state index contributed by atoms with van der Waals surface area (Å²) in [6, 6.07) is 8.25. The van der Waals surface area contributed by atoms with E-state index < -0.39 is 0 Å². The molecule has 1 aliphatic rings. The first kappa shape index (κ1) is 10.5. The molecule has 82 valence electrons. The Hall–Kier alpha value is -1.02. The molecule has 0 unspecified atom stereocenters. The molecule has 2 rings (SSSR count). The van der Waals surface area contributed by atoms with E-state index in [1.165, 1.54) is 18.4 Å². The highest BCUT2D eigenvalue weighted by atomic mass is 16.5. The van der Waals surface area contributed by atoms with Crippen LogP contribution in [0.3, 0.4) is 0 Å². The lowest BCUT2D eigenvalue weighted by atomic mass is 10.0. The number of ether oxygens (including phenoxy) is 1. The molecule has 0 spiro atoms. The van der Waals surface area contributed by atoms with Crippen LogP contribution in [0, 0.1) is 0 Å². The van der Waals surface area contributed by atoms with E-state index in [1.807, 2.05) is 19.1 Å². The second kappa shape index (κ2) is 4.23. The van der Waals surface area contributed by atoms with Gasteiger partial charge in [-0.15, -0.1) is 0 Å². The molecule has 0 saturated heterocycles. The Kier molecular flexibility index (Phi) is 2.96. The second-order valence-corrected chi connectivity index (χ2v) is 4.40. The molecular formula is C13H19NO. The van der Waals surface area contributed by atoms with Crippen LogP contribution in [-0.2, 0) is 6.42 Å². The van der Waals surface area contributed by atoms with E-state index in [0.717, 1.165) is 25.2 Å². The van der Waals surface area contributed by atoms with Crippen LogP contribution >= 0.6 is 0 Å². The maximum absolute atomic E-state index is 6.08. The molecule has 0 radical (unpaired) electrons. The number of rotatable bonds is 5. The van der Waals surface area contributed by atoms with E-state index in [-0.39, 0.29) is 5.54 Å². The Morgan fingerprint density at radius 3 is 2.73 bits per heavy atom. The fourth-order valence-electron chi connectivity index (χ4n) is 1.80. The van der Waals surface area contributed by atoms with E-state index in [4.69, 9.17) is 10.5 Å². The Labute approximate surface area is 91.4 Å². The van der Waals surface area contributed by atoms with Crippen LogP contribution < -0.4 is 10.5 Å². The minimum absolute atomic E-state index is 0.138. The van der Waals surface area contributed by atoms with Gasteiger partial charge in [-0.3, -0.25) is 0 Å². The Morgan fingerprint density at radius 2 is 2.07 bits per heavy atom. The van der Waals surface area contributed by atoms with E-state index in [2.05, 4.69) is 12.1 Å². The average Bonchev–Trinajstić information content (AvgIpc) is 2.97. The summed E-state index contributed by atoms with van der Waals surface area (Å²) in [4.78, 5) is 0. The van der Waals surface area contributed by atoms with Crippen molar-refractivity contribution in [2.45, 2.75) is 38.1 Å². The number of hydrogen-bond acceptors (Lipinski definition) is 2. The molecule has 2 heteroatoms. The maximum atomic E-state index is 6.08. The van der Waals surface area contributed by atoms with Gasteiger partial charge in [0.2, 0.25) is 0 Å². The van der Waals surface area contributed by atoms with Crippen molar-refractivity contribution in [3.63, 3.8) is 0 Å². The Balaban J connectivity index is 1.99. The van der Waals surface area contributed by atoms with Crippen LogP contribution in [-0.4, -0.2) is 12.1 Å². The summed E-state index contributed by atoms with van der Waals surface area (Å²) in [6.45, 7) is 2.74. The van der Waals surface area contributed by atoms with Crippen molar-refractivity contribution >= 4 is 0 Å². The highest BCUT2D eigenvalue weighted by Crippen LogP contribution is 2.37. The van der Waals surface area contributed by atoms with Crippen LogP contribution in [0.5, 0.6) is 5.75 Å². The summed E-state index contributed by atoms with van der Waals surface area (Å²) in [5.41, 5.74) is 7.50. The van der Waals surface area contributed by atoms with Gasteiger partial charge in [0.15, 0.2) is 0 Å². The number of hydrogen-bond donors (Lipinski definition) is 1. The molecule has 1 fully saturated rings. The summed E-state index contributed by atoms with van der Waals surface area (Å²) in [5, 5.41) is 0. The molecule has 1 aliphatic carbocycles. The van der Waals surface area contributed by atoms with Gasteiger partial charge in [-0.2, -0.15) is 0 Å². The first-order valence-electron chi connectivity index (χ1n) is 5.73. The highest BCUT2D eigenvalue weighted by molar-refractivity contribution is 5.33. The number of aryl methyl sites for hydroxylation is 1. The summed E-state index contributed by atoms with van der Waals surface area (Å²) in [7, 11) is 0. The first-order chi connectivity index (χ1) is 7.23. The molecule has 0 heterocycles. The topological polar surface area (TPSA) is 35.2 Å². The average molecular weight is 205 g/mol. The SMILES string of the molecule is CCOc1ccccc1CCC1(N)CC1. The summed E-state index contributed by atoms with van der Waals surface area (Å²) >= 11 is 0. The smallest absolute Gasteiger partial charge is 0.122 e. The number of nitrogens with two attached hydrogens (primary N) is 1. The number of benzene rings is 1. The van der Waals surface area contributed by atoms with Gasteiger partial charge in [-0.1, -0.05) is 18.2 Å². The minimum atomic E-state index is 0.138. The quantitative estimate of drug-likeness (QED) is 0.801. The van der Waals surface area contributed by atoms with Crippen LogP contribution in [0.15, 0.2) is 24.3 Å². The fourth-order valence-corrected chi connectivity index (χ4v) is 1.80. The number of para-hydroxylation sites is 1. The van der Waals surface area contributed by atoms with Gasteiger partial charge in [-0.25, -0.2) is 0 Å². The zero-order valence-corrected chi connectivity index (χ0v) is 9.33. The lowest BCUT2D eigenvalue weighted by Crippen LogP contribution is -2.22. The third kappa shape index (κ3) is 2.72. The second-order valence-electron chi connectivity index (χ2n) is 4.40. The molecule has 1 aromatic carbocycles. The molecule has 0 aliphatic heterocycles. The molecule has 1 aromatic rings. The van der Waals surface area contributed by atoms with E-state index in [9.17, 15) is 0 Å². The highest BCUT2D eigenvalue weighted by Gasteiger charge is 2.37. The molecule has 0 bridgehead atoms. The predicted molar refractivity (Wildman–Crippen MR) is 62.1 cm³/mol. The molecule has 0 amide bonds. The Morgan fingerprint density at radius 1 is 1.33 bits per heavy atom. The van der Waals surface area contributed by atoms with Gasteiger partial charge >= 0.3 is 0 Å². The molecule has 2 N–H and O–H groups in total. The summed E-state index contributed by atoms with van der Waals surface area (Å²) in [6.07, 6.45) is 4.48. The monoisotopic (exact) mass is 205 g/mol. The first-order valence-corrected chi connectivity index (χ1v) is 5.73. The van der Waals surface area contributed by atoms with Crippen molar-refractivity contribution in [3.8, 4) is 5.75 Å². The normalized spacial score (nSPS) is 17.5. The summed E-state index contributed by atoms with van der Waals surface area (Å²) < 4.78 is 5.58. The van der Waals surface area contributed by atoms with Gasteiger partial charge in [0, 0.05) is 5.54 Å². The van der Waals surface area contributed by atoms with Gasteiger partial charge in [0.05, 0.1) is 6.61 Å². The molecule has 0 atom stereocenters. The van der Waals surface area contributed by atoms with Crippen molar-refractivity contribution in [2.24, 2.45) is 5.73 Å². The zero-order chi connectivity index (χ0) is 10.7. The maximum Gasteiger partial charge on any atom is 0.122 e. The van der Waals surface area contributed by atoms with E-state index in [1.54, 1.807) is 0 Å². The largest absolute Gasteiger partial charge is 0.494 e. The molecule has 1 saturated carbocycles. The summed E-state index contributed by atoms with van der Waals surface area (Å²) in [5.74, 6) is 1.02. The lowest BCUT2D eigenvalue weighted by molar-refractivity contribution is 0.336. The fraction of sp³-hybridized carbons (Fsp3) is 0.538. The van der Waals surface area contributed by atoms with E-state index in [0.29, 0.717) is 0 Å². The van der Waals surface area contributed by atoms with Crippen LogP contribution in [0.4, 0.5) is 0 Å². The van der Waals surface area contributed by atoms with Gasteiger partial charge in [0.1, 0.15) is 5.75 Å². The molecular weight excluding hydrogens is 186 g/mol. The van der Waals surface area contributed by atoms with Crippen LogP contribution in [0.2, 0.25) is 0 Å². The van der Waals surface area contributed by atoms with Crippen LogP contribution in [0.1, 0.15) is 31.7 Å². The van der Waals surface area contributed by atoms with Crippen molar-refractivity contribution in [1.29, 1.82) is 0 Å². The van der Waals surface area contributed by atoms with E-state index >= 15 is 0 Å². The lowest BCUT2D eigenvalue weighted by Gasteiger charge is -2.12. The third-order valence-corrected chi connectivity index (χ3v) is 3.06. The molecule has 0 aromatic heterocycles. The van der Waals surface area contributed by atoms with Gasteiger partial charge in [0.25, 0.3) is 0 Å². The molecule has 2 nitrogen and oxygen atoms in total. The van der Waals surface area contributed by atoms with Gasteiger partial charge < -0.3 is 10.5 Å². The predicted octanol–water partition coefficient (Wildman–Crippen LogP) is 2.51. The molecule has 15 heavy (non-hydrogen) atoms. The van der Waals surface area contributed by atoms with Crippen molar-refractivity contribution in [2.75, 3.05) is 6.61 Å². The third-order valence-electron chi connectivity index (χ3n) is 3.06. The van der Waals surface area contributed by atoms with Crippen molar-refractivity contribution in [1.82, 2.24) is 0 Å². The Bertz CT molecular complexity index is 331. The van der Waals surface area contributed by atoms with Crippen molar-refractivity contribution < 1.29 is 4.74 Å². The van der Waals surface area contributed by atoms with Crippen LogP contribution in [0.25, 0.3) is 0 Å². The minimum Gasteiger partial charge on any atom is -0.494 e. The van der Waals surface area contributed by atoms with Crippen molar-refractivity contribution in [3.05, 3.63) is 29.8 Å². The van der Waals surface area contributed by atoms with Gasteiger partial charge in [-0.05, 0) is 44.2 Å². The zero-order valence-electron chi connectivity index (χ0n) is 9.33. The standard InChI is InChI=1S/C13H19NO/c1-2-15-12-6-4-3-5-11(12)7-8-13(14)9-10-13/h3-6H,2,7-10,14H2,1H3.